The van der Waals surface area contributed by atoms with Gasteiger partial charge in [0.05, 0.1) is 48.2 Å². The van der Waals surface area contributed by atoms with Crippen molar-refractivity contribution < 1.29 is 45.3 Å². The maximum Gasteiger partial charge on any atom is 0.415 e. The van der Waals surface area contributed by atoms with Gasteiger partial charge in [-0.3, -0.25) is 4.90 Å². The molecule has 5 rings (SSSR count). The van der Waals surface area contributed by atoms with Crippen LogP contribution in [0.3, 0.4) is 0 Å². The van der Waals surface area contributed by atoms with Gasteiger partial charge in [0.15, 0.2) is 9.84 Å². The van der Waals surface area contributed by atoms with Gasteiger partial charge in [0.25, 0.3) is 0 Å². The summed E-state index contributed by atoms with van der Waals surface area (Å²) in [5.74, 6) is 6.13. The van der Waals surface area contributed by atoms with Gasteiger partial charge in [-0.05, 0) is 89.4 Å². The molecule has 3 aromatic rings. The van der Waals surface area contributed by atoms with Gasteiger partial charge in [-0.2, -0.15) is 13.2 Å². The van der Waals surface area contributed by atoms with E-state index in [-0.39, 0.29) is 53.7 Å². The highest BCUT2D eigenvalue weighted by Crippen LogP contribution is 2.33. The second-order valence-corrected chi connectivity index (χ2v) is 16.2. The molecule has 2 atom stereocenters. The number of hydrogen-bond donors (Lipinski definition) is 1. The van der Waals surface area contributed by atoms with E-state index < -0.39 is 34.3 Å². The van der Waals surface area contributed by atoms with Gasteiger partial charge in [-0.1, -0.05) is 12.0 Å². The highest BCUT2D eigenvalue weighted by molar-refractivity contribution is 7.90. The fourth-order valence-corrected chi connectivity index (χ4v) is 7.00. The van der Waals surface area contributed by atoms with E-state index in [0.717, 1.165) is 41.7 Å². The van der Waals surface area contributed by atoms with Crippen LogP contribution in [0.4, 0.5) is 29.3 Å². The number of rotatable bonds is 2. The number of carbonyl (C=O) groups is 1. The summed E-state index contributed by atoms with van der Waals surface area (Å²) in [7, 11) is -1.69. The van der Waals surface area contributed by atoms with E-state index in [1.807, 2.05) is 6.07 Å². The quantitative estimate of drug-likeness (QED) is 0.318. The lowest BCUT2D eigenvalue weighted by atomic mass is 9.89. The first-order valence-electron chi connectivity index (χ1n) is 17.2. The molecule has 11 nitrogen and oxygen atoms in total. The largest absolute Gasteiger partial charge is 0.491 e. The van der Waals surface area contributed by atoms with E-state index in [1.165, 1.54) is 18.2 Å². The minimum absolute atomic E-state index is 0.0649. The van der Waals surface area contributed by atoms with Gasteiger partial charge in [-0.15, -0.1) is 0 Å². The van der Waals surface area contributed by atoms with Crippen molar-refractivity contribution in [3.05, 3.63) is 48.2 Å². The molecule has 0 radical (unpaired) electrons. The Labute approximate surface area is 303 Å². The van der Waals surface area contributed by atoms with Crippen LogP contribution in [0.5, 0.6) is 5.75 Å². The number of carbonyl (C=O) groups excluding carboxylic acids is 1. The van der Waals surface area contributed by atoms with Crippen LogP contribution in [-0.4, -0.2) is 108 Å². The second-order valence-electron chi connectivity index (χ2n) is 14.2. The van der Waals surface area contributed by atoms with Crippen LogP contribution in [0.2, 0.25) is 0 Å². The molecular weight excluding hydrogens is 701 g/mol. The van der Waals surface area contributed by atoms with Crippen molar-refractivity contribution in [3.63, 3.8) is 0 Å². The van der Waals surface area contributed by atoms with Gasteiger partial charge in [0.1, 0.15) is 24.5 Å². The molecule has 15 heteroatoms. The van der Waals surface area contributed by atoms with Crippen LogP contribution in [0.15, 0.2) is 47.4 Å². The Morgan fingerprint density at radius 1 is 1.02 bits per heavy atom. The van der Waals surface area contributed by atoms with Crippen LogP contribution >= 0.6 is 0 Å². The van der Waals surface area contributed by atoms with Crippen molar-refractivity contribution in [3.8, 4) is 17.6 Å². The minimum Gasteiger partial charge on any atom is -0.491 e. The number of fused-ring (bicyclic) bond motifs is 4. The average molecular weight is 749 g/mol. The molecule has 2 aliphatic rings. The summed E-state index contributed by atoms with van der Waals surface area (Å²) in [6.45, 7) is 6.64. The first-order valence-corrected chi connectivity index (χ1v) is 19.1. The summed E-state index contributed by atoms with van der Waals surface area (Å²) in [5, 5.41) is 4.23. The van der Waals surface area contributed by atoms with Crippen LogP contribution in [0.1, 0.15) is 39.3 Å². The number of halogens is 3. The Hall–Kier alpha value is -3.97. The molecule has 1 amide bonds. The number of anilines is 2. The Morgan fingerprint density at radius 2 is 1.75 bits per heavy atom. The Bertz CT molecular complexity index is 1900. The molecule has 3 heterocycles. The zero-order valence-corrected chi connectivity index (χ0v) is 31.0. The lowest BCUT2D eigenvalue weighted by Crippen LogP contribution is -2.45. The zero-order valence-electron chi connectivity index (χ0n) is 30.2. The van der Waals surface area contributed by atoms with Crippen LogP contribution in [-0.2, 0) is 30.6 Å². The van der Waals surface area contributed by atoms with Crippen molar-refractivity contribution in [2.45, 2.75) is 62.9 Å². The summed E-state index contributed by atoms with van der Waals surface area (Å²) in [4.78, 5) is 16.8. The predicted octanol–water partition coefficient (Wildman–Crippen LogP) is 5.95. The number of sulfone groups is 1. The molecule has 2 aromatic carbocycles. The van der Waals surface area contributed by atoms with Gasteiger partial charge < -0.3 is 33.7 Å². The fraction of sp³-hybridized carbons (Fsp3) is 0.541. The molecule has 1 saturated heterocycles. The third-order valence-corrected chi connectivity index (χ3v) is 9.83. The maximum absolute atomic E-state index is 14.0. The van der Waals surface area contributed by atoms with Gasteiger partial charge in [-0.25, -0.2) is 13.2 Å². The maximum atomic E-state index is 14.0. The van der Waals surface area contributed by atoms with Gasteiger partial charge in [0, 0.05) is 42.6 Å². The number of amides is 1. The van der Waals surface area contributed by atoms with Crippen LogP contribution in [0.25, 0.3) is 10.9 Å². The molecule has 2 aliphatic heterocycles. The number of aromatic nitrogens is 1. The van der Waals surface area contributed by atoms with Crippen molar-refractivity contribution in [1.29, 1.82) is 0 Å². The predicted molar refractivity (Wildman–Crippen MR) is 193 cm³/mol. The number of nitrogens with one attached hydrogen (secondary N) is 1. The molecule has 284 valence electrons. The van der Waals surface area contributed by atoms with Crippen molar-refractivity contribution in [2.24, 2.45) is 5.92 Å². The summed E-state index contributed by atoms with van der Waals surface area (Å²) in [5.41, 5.74) is 0.360. The molecule has 0 aliphatic carbocycles. The molecule has 1 aromatic heterocycles. The Morgan fingerprint density at radius 3 is 2.46 bits per heavy atom. The van der Waals surface area contributed by atoms with Gasteiger partial charge in [0.2, 0.25) is 0 Å². The summed E-state index contributed by atoms with van der Waals surface area (Å²) in [6.07, 6.45) is -2.71. The standard InChI is InChI=1S/C37H47F3N4O7S/c1-36(2,3)51-35(45)43-13-7-8-27-22-31-33(9-6-10-34(31)44(27)25-37(38,39)40)41-32-11-14-42(4)24-26(32)12-15-48-16-17-49-18-19-50-29-20-28(43)21-30(23-29)52(5,46)47/h6,9-10,20-23,26,32,41H,11-19,24-25H2,1-5H3. The molecule has 1 fully saturated rings. The number of hydrogen-bond acceptors (Lipinski definition) is 9. The highest BCUT2D eigenvalue weighted by atomic mass is 32.2. The van der Waals surface area contributed by atoms with E-state index in [1.54, 1.807) is 39.0 Å². The first-order chi connectivity index (χ1) is 24.5. The van der Waals surface area contributed by atoms with E-state index in [9.17, 15) is 26.4 Å². The highest BCUT2D eigenvalue weighted by Gasteiger charge is 2.32. The Kier molecular flexibility index (Phi) is 12.4. The third kappa shape index (κ3) is 10.8. The van der Waals surface area contributed by atoms with Crippen molar-refractivity contribution >= 4 is 38.2 Å². The number of piperidine rings is 1. The lowest BCUT2D eigenvalue weighted by molar-refractivity contribution is -0.140. The SMILES string of the molecule is CN1CCC2Nc3cccc4c3cc(n4CC(F)(F)F)C#CCN(C(=O)OC(C)(C)C)c3cc(cc(S(C)(=O)=O)c3)OCCOCCOCCC2C1. The van der Waals surface area contributed by atoms with Gasteiger partial charge >= 0.3 is 12.3 Å². The molecule has 52 heavy (non-hydrogen) atoms. The summed E-state index contributed by atoms with van der Waals surface area (Å²) >= 11 is 0. The number of alkyl halides is 3. The zero-order chi connectivity index (χ0) is 37.7. The smallest absolute Gasteiger partial charge is 0.415 e. The number of ether oxygens (including phenoxy) is 4. The molecule has 0 saturated carbocycles. The first kappa shape index (κ1) is 39.2. The van der Waals surface area contributed by atoms with E-state index in [2.05, 4.69) is 29.1 Å². The van der Waals surface area contributed by atoms with Crippen molar-refractivity contribution in [2.75, 3.05) is 76.2 Å². The fourth-order valence-electron chi connectivity index (χ4n) is 6.33. The lowest BCUT2D eigenvalue weighted by Gasteiger charge is -2.38. The number of nitrogens with zero attached hydrogens (tertiary/aromatic N) is 3. The van der Waals surface area contributed by atoms with Crippen molar-refractivity contribution in [1.82, 2.24) is 9.47 Å². The normalized spacial score (nSPS) is 20.3. The van der Waals surface area contributed by atoms with Crippen LogP contribution in [0, 0.1) is 17.8 Å². The average Bonchev–Trinajstić information content (AvgIpc) is 3.38. The molecule has 1 N–H and O–H groups in total. The topological polar surface area (TPSA) is 112 Å². The molecular formula is C37H47F3N4O7S. The molecule has 2 unspecified atom stereocenters. The third-order valence-electron chi connectivity index (χ3n) is 8.73. The second kappa shape index (κ2) is 16.4. The van der Waals surface area contributed by atoms with E-state index in [0.29, 0.717) is 36.4 Å². The summed E-state index contributed by atoms with van der Waals surface area (Å²) in [6, 6.07) is 11.0. The number of benzene rings is 2. The van der Waals surface area contributed by atoms with E-state index >= 15 is 0 Å². The van der Waals surface area contributed by atoms with Crippen LogP contribution < -0.4 is 15.0 Å². The monoisotopic (exact) mass is 748 g/mol. The molecule has 0 spiro atoms. The molecule has 4 bridgehead atoms. The Balaban J connectivity index is 1.60. The number of likely N-dealkylation sites (tertiary alicyclic amines) is 1. The minimum atomic E-state index is -4.54. The summed E-state index contributed by atoms with van der Waals surface area (Å²) < 4.78 is 91.6. The van der Waals surface area contributed by atoms with E-state index in [4.69, 9.17) is 18.9 Å².